The summed E-state index contributed by atoms with van der Waals surface area (Å²) in [5.74, 6) is -0.130. The van der Waals surface area contributed by atoms with Crippen molar-refractivity contribution in [1.82, 2.24) is 0 Å². The molecule has 66 valence electrons. The Balaban J connectivity index is 2.52. The van der Waals surface area contributed by atoms with Crippen molar-refractivity contribution in [2.45, 2.75) is 32.0 Å². The van der Waals surface area contributed by atoms with Crippen molar-refractivity contribution >= 4 is 0 Å². The lowest BCUT2D eigenvalue weighted by molar-refractivity contribution is -0.0625. The number of rotatable bonds is 1. The standard InChI is InChI=1S/C8H16O3/c1-5-7(10)3-2-6(4-9)8(5)11/h5-11H,2-4H2,1H3/t5-,6?,7+,8+/m1/s1. The maximum Gasteiger partial charge on any atom is 0.0640 e. The van der Waals surface area contributed by atoms with Gasteiger partial charge >= 0.3 is 0 Å². The minimum atomic E-state index is -0.538. The molecule has 1 saturated carbocycles. The first kappa shape index (κ1) is 8.97. The van der Waals surface area contributed by atoms with Crippen LogP contribution in [-0.2, 0) is 0 Å². The predicted octanol–water partition coefficient (Wildman–Crippen LogP) is -0.253. The molecule has 0 aromatic carbocycles. The van der Waals surface area contributed by atoms with Gasteiger partial charge in [-0.3, -0.25) is 0 Å². The Kier molecular flexibility index (Phi) is 2.87. The maximum absolute atomic E-state index is 9.49. The third kappa shape index (κ3) is 1.72. The van der Waals surface area contributed by atoms with E-state index in [1.165, 1.54) is 0 Å². The first-order valence-electron chi connectivity index (χ1n) is 4.13. The van der Waals surface area contributed by atoms with Gasteiger partial charge < -0.3 is 15.3 Å². The molecule has 3 heteroatoms. The van der Waals surface area contributed by atoms with Crippen molar-refractivity contribution in [2.24, 2.45) is 11.8 Å². The van der Waals surface area contributed by atoms with Crippen molar-refractivity contribution in [3.63, 3.8) is 0 Å². The van der Waals surface area contributed by atoms with Crippen molar-refractivity contribution in [3.05, 3.63) is 0 Å². The number of aliphatic hydroxyl groups is 3. The molecule has 4 atom stereocenters. The quantitative estimate of drug-likeness (QED) is 0.495. The summed E-state index contributed by atoms with van der Waals surface area (Å²) in [5, 5.41) is 27.6. The highest BCUT2D eigenvalue weighted by Crippen LogP contribution is 2.28. The number of hydrogen-bond donors (Lipinski definition) is 3. The topological polar surface area (TPSA) is 60.7 Å². The molecular formula is C8H16O3. The summed E-state index contributed by atoms with van der Waals surface area (Å²) >= 11 is 0. The summed E-state index contributed by atoms with van der Waals surface area (Å²) < 4.78 is 0. The highest BCUT2D eigenvalue weighted by atomic mass is 16.3. The lowest BCUT2D eigenvalue weighted by Crippen LogP contribution is -2.41. The van der Waals surface area contributed by atoms with E-state index in [2.05, 4.69) is 0 Å². The lowest BCUT2D eigenvalue weighted by atomic mass is 9.78. The summed E-state index contributed by atoms with van der Waals surface area (Å²) in [6, 6.07) is 0. The van der Waals surface area contributed by atoms with Crippen LogP contribution in [0.3, 0.4) is 0 Å². The van der Waals surface area contributed by atoms with E-state index in [0.29, 0.717) is 6.42 Å². The Morgan fingerprint density at radius 2 is 1.91 bits per heavy atom. The average molecular weight is 160 g/mol. The predicted molar refractivity (Wildman–Crippen MR) is 41.0 cm³/mol. The van der Waals surface area contributed by atoms with E-state index in [-0.39, 0.29) is 18.4 Å². The molecule has 1 fully saturated rings. The fourth-order valence-electron chi connectivity index (χ4n) is 1.67. The second kappa shape index (κ2) is 3.52. The summed E-state index contributed by atoms with van der Waals surface area (Å²) in [5.41, 5.74) is 0. The maximum atomic E-state index is 9.49. The zero-order valence-electron chi connectivity index (χ0n) is 6.77. The Morgan fingerprint density at radius 1 is 1.27 bits per heavy atom. The first-order valence-corrected chi connectivity index (χ1v) is 4.13. The minimum Gasteiger partial charge on any atom is -0.396 e. The van der Waals surface area contributed by atoms with Crippen LogP contribution in [0, 0.1) is 11.8 Å². The van der Waals surface area contributed by atoms with Crippen LogP contribution >= 0.6 is 0 Å². The van der Waals surface area contributed by atoms with Crippen LogP contribution in [0.1, 0.15) is 19.8 Å². The molecule has 3 nitrogen and oxygen atoms in total. The Bertz CT molecular complexity index is 125. The number of hydrogen-bond acceptors (Lipinski definition) is 3. The van der Waals surface area contributed by atoms with Gasteiger partial charge in [0.05, 0.1) is 12.2 Å². The normalized spacial score (nSPS) is 45.8. The van der Waals surface area contributed by atoms with Crippen LogP contribution in [0.15, 0.2) is 0 Å². The fourth-order valence-corrected chi connectivity index (χ4v) is 1.67. The summed E-state index contributed by atoms with van der Waals surface area (Å²) in [7, 11) is 0. The van der Waals surface area contributed by atoms with Crippen molar-refractivity contribution < 1.29 is 15.3 Å². The van der Waals surface area contributed by atoms with E-state index in [1.807, 2.05) is 6.92 Å². The van der Waals surface area contributed by atoms with Gasteiger partial charge in [-0.15, -0.1) is 0 Å². The van der Waals surface area contributed by atoms with Crippen molar-refractivity contribution in [3.8, 4) is 0 Å². The molecule has 0 saturated heterocycles. The third-order valence-electron chi connectivity index (χ3n) is 2.70. The molecule has 0 heterocycles. The molecule has 3 N–H and O–H groups in total. The molecule has 0 radical (unpaired) electrons. The average Bonchev–Trinajstić information content (AvgIpc) is 2.01. The van der Waals surface area contributed by atoms with Crippen LogP contribution in [-0.4, -0.2) is 34.1 Å². The molecule has 0 spiro atoms. The van der Waals surface area contributed by atoms with Gasteiger partial charge in [0.25, 0.3) is 0 Å². The molecule has 1 aliphatic carbocycles. The zero-order chi connectivity index (χ0) is 8.43. The smallest absolute Gasteiger partial charge is 0.0640 e. The van der Waals surface area contributed by atoms with Gasteiger partial charge in [0.15, 0.2) is 0 Å². The Hall–Kier alpha value is -0.120. The highest BCUT2D eigenvalue weighted by Gasteiger charge is 2.33. The van der Waals surface area contributed by atoms with E-state index in [1.54, 1.807) is 0 Å². The summed E-state index contributed by atoms with van der Waals surface area (Å²) in [6.45, 7) is 1.84. The second-order valence-corrected chi connectivity index (χ2v) is 3.44. The molecular weight excluding hydrogens is 144 g/mol. The number of aliphatic hydroxyl groups excluding tert-OH is 3. The molecule has 11 heavy (non-hydrogen) atoms. The molecule has 0 bridgehead atoms. The molecule has 0 amide bonds. The fraction of sp³-hybridized carbons (Fsp3) is 1.00. The Labute approximate surface area is 66.7 Å². The van der Waals surface area contributed by atoms with Crippen molar-refractivity contribution in [1.29, 1.82) is 0 Å². The minimum absolute atomic E-state index is 0.0260. The monoisotopic (exact) mass is 160 g/mol. The van der Waals surface area contributed by atoms with E-state index in [9.17, 15) is 10.2 Å². The SMILES string of the molecule is C[C@H]1[C@H](O)C(CO)CC[C@@H]1O. The second-order valence-electron chi connectivity index (χ2n) is 3.44. The van der Waals surface area contributed by atoms with Crippen LogP contribution in [0.5, 0.6) is 0 Å². The van der Waals surface area contributed by atoms with E-state index in [0.717, 1.165) is 6.42 Å². The van der Waals surface area contributed by atoms with E-state index >= 15 is 0 Å². The zero-order valence-corrected chi connectivity index (χ0v) is 6.77. The molecule has 0 aliphatic heterocycles. The molecule has 1 unspecified atom stereocenters. The van der Waals surface area contributed by atoms with Crippen LogP contribution in [0.25, 0.3) is 0 Å². The van der Waals surface area contributed by atoms with Crippen LogP contribution in [0.2, 0.25) is 0 Å². The third-order valence-corrected chi connectivity index (χ3v) is 2.70. The van der Waals surface area contributed by atoms with Gasteiger partial charge in [0.2, 0.25) is 0 Å². The molecule has 0 aromatic heterocycles. The summed E-state index contributed by atoms with van der Waals surface area (Å²) in [4.78, 5) is 0. The van der Waals surface area contributed by atoms with Crippen LogP contribution < -0.4 is 0 Å². The van der Waals surface area contributed by atoms with Crippen molar-refractivity contribution in [2.75, 3.05) is 6.61 Å². The van der Waals surface area contributed by atoms with E-state index < -0.39 is 12.2 Å². The van der Waals surface area contributed by atoms with Gasteiger partial charge in [0.1, 0.15) is 0 Å². The summed E-state index contributed by atoms with van der Waals surface area (Å²) in [6.07, 6.45) is 0.489. The highest BCUT2D eigenvalue weighted by molar-refractivity contribution is 4.84. The van der Waals surface area contributed by atoms with E-state index in [4.69, 9.17) is 5.11 Å². The molecule has 1 aliphatic rings. The largest absolute Gasteiger partial charge is 0.396 e. The lowest BCUT2D eigenvalue weighted by Gasteiger charge is -2.35. The van der Waals surface area contributed by atoms with Gasteiger partial charge in [-0.1, -0.05) is 6.92 Å². The van der Waals surface area contributed by atoms with Gasteiger partial charge in [-0.2, -0.15) is 0 Å². The molecule has 0 aromatic rings. The van der Waals surface area contributed by atoms with Gasteiger partial charge in [0, 0.05) is 18.4 Å². The van der Waals surface area contributed by atoms with Crippen LogP contribution in [0.4, 0.5) is 0 Å². The van der Waals surface area contributed by atoms with Gasteiger partial charge in [-0.05, 0) is 12.8 Å². The molecule has 1 rings (SSSR count). The Morgan fingerprint density at radius 3 is 2.45 bits per heavy atom. The first-order chi connectivity index (χ1) is 5.16. The van der Waals surface area contributed by atoms with Gasteiger partial charge in [-0.25, -0.2) is 0 Å².